The first-order valence-corrected chi connectivity index (χ1v) is 3.18. The summed E-state index contributed by atoms with van der Waals surface area (Å²) < 4.78 is 0. The molecule has 0 aliphatic heterocycles. The molecule has 0 spiro atoms. The molecular weight excluding hydrogens is 166 g/mol. The molecule has 0 aromatic carbocycles. The highest BCUT2D eigenvalue weighted by molar-refractivity contribution is 5.72. The third-order valence-electron chi connectivity index (χ3n) is 0.747. The first-order valence-electron chi connectivity index (χ1n) is 3.18. The Morgan fingerprint density at radius 2 is 1.33 bits per heavy atom. The molecule has 0 fully saturated rings. The highest BCUT2D eigenvalue weighted by Crippen LogP contribution is 1.73. The van der Waals surface area contributed by atoms with Crippen molar-refractivity contribution in [2.24, 2.45) is 5.73 Å². The van der Waals surface area contributed by atoms with Crippen LogP contribution in [0.1, 0.15) is 13.8 Å². The summed E-state index contributed by atoms with van der Waals surface area (Å²) in [6.45, 7) is 2.62. The lowest BCUT2D eigenvalue weighted by Gasteiger charge is -1.90. The molecule has 0 aromatic rings. The summed E-state index contributed by atoms with van der Waals surface area (Å²) in [5.41, 5.74) is 4.84. The van der Waals surface area contributed by atoms with Crippen molar-refractivity contribution < 1.29 is 24.9 Å². The maximum Gasteiger partial charge on any atom is 0.332 e. The Hall–Kier alpha value is -1.14. The quantitative estimate of drug-likeness (QED) is 0.425. The summed E-state index contributed by atoms with van der Waals surface area (Å²) >= 11 is 0. The second kappa shape index (κ2) is 6.56. The Labute approximate surface area is 69.6 Å². The zero-order valence-electron chi connectivity index (χ0n) is 6.89. The lowest BCUT2D eigenvalue weighted by Crippen LogP contribution is -2.25. The Balaban J connectivity index is 0. The van der Waals surface area contributed by atoms with Crippen molar-refractivity contribution in [3.63, 3.8) is 0 Å². The second-order valence-corrected chi connectivity index (χ2v) is 2.14. The first kappa shape index (κ1) is 13.4. The van der Waals surface area contributed by atoms with Crippen molar-refractivity contribution in [3.05, 3.63) is 0 Å². The van der Waals surface area contributed by atoms with Gasteiger partial charge in [-0.1, -0.05) is 0 Å². The van der Waals surface area contributed by atoms with Crippen LogP contribution in [0.4, 0.5) is 0 Å². The van der Waals surface area contributed by atoms with Crippen LogP contribution < -0.4 is 5.73 Å². The molecule has 0 bridgehead atoms. The van der Waals surface area contributed by atoms with Gasteiger partial charge in [0, 0.05) is 0 Å². The van der Waals surface area contributed by atoms with E-state index in [1.165, 1.54) is 13.8 Å². The van der Waals surface area contributed by atoms with E-state index in [1.807, 2.05) is 0 Å². The van der Waals surface area contributed by atoms with E-state index in [0.29, 0.717) is 0 Å². The van der Waals surface area contributed by atoms with Crippen LogP contribution in [0.15, 0.2) is 0 Å². The van der Waals surface area contributed by atoms with Gasteiger partial charge in [-0.2, -0.15) is 0 Å². The molecule has 0 radical (unpaired) electrons. The lowest BCUT2D eigenvalue weighted by molar-refractivity contribution is -0.145. The Kier molecular flexibility index (Phi) is 7.36. The number of aliphatic hydroxyl groups is 1. The summed E-state index contributed by atoms with van der Waals surface area (Å²) in [5, 5.41) is 23.6. The van der Waals surface area contributed by atoms with Crippen LogP contribution in [0.3, 0.4) is 0 Å². The normalized spacial score (nSPS) is 13.7. The average molecular weight is 179 g/mol. The van der Waals surface area contributed by atoms with Crippen LogP contribution in [0, 0.1) is 0 Å². The van der Waals surface area contributed by atoms with Gasteiger partial charge in [0.05, 0.1) is 0 Å². The number of hydrogen-bond acceptors (Lipinski definition) is 4. The minimum absolute atomic E-state index is 0.731. The number of aliphatic carboxylic acids is 2. The monoisotopic (exact) mass is 179 g/mol. The third kappa shape index (κ3) is 11.6. The fraction of sp³-hybridized carbons (Fsp3) is 0.667. The molecule has 5 N–H and O–H groups in total. The van der Waals surface area contributed by atoms with Gasteiger partial charge >= 0.3 is 11.9 Å². The summed E-state index contributed by atoms with van der Waals surface area (Å²) in [7, 11) is 0. The summed E-state index contributed by atoms with van der Waals surface area (Å²) in [4.78, 5) is 19.0. The Bertz CT molecular complexity index is 136. The second-order valence-electron chi connectivity index (χ2n) is 2.14. The fourth-order valence-electron chi connectivity index (χ4n) is 0. The van der Waals surface area contributed by atoms with Gasteiger partial charge in [0.1, 0.15) is 12.1 Å². The Morgan fingerprint density at radius 3 is 1.33 bits per heavy atom. The molecular formula is C6H13NO5. The molecule has 12 heavy (non-hydrogen) atoms. The van der Waals surface area contributed by atoms with Gasteiger partial charge in [0.15, 0.2) is 0 Å². The van der Waals surface area contributed by atoms with Gasteiger partial charge in [-0.25, -0.2) is 4.79 Å². The van der Waals surface area contributed by atoms with Gasteiger partial charge in [-0.3, -0.25) is 4.79 Å². The van der Waals surface area contributed by atoms with E-state index in [1.54, 1.807) is 0 Å². The molecule has 0 rings (SSSR count). The highest BCUT2D eigenvalue weighted by Gasteiger charge is 2.01. The number of carbonyl (C=O) groups is 2. The van der Waals surface area contributed by atoms with Gasteiger partial charge in [-0.15, -0.1) is 0 Å². The highest BCUT2D eigenvalue weighted by atomic mass is 16.4. The number of rotatable bonds is 2. The van der Waals surface area contributed by atoms with E-state index in [4.69, 9.17) is 21.1 Å². The number of nitrogens with two attached hydrogens (primary N) is 1. The fourth-order valence-corrected chi connectivity index (χ4v) is 0. The van der Waals surface area contributed by atoms with Gasteiger partial charge < -0.3 is 21.1 Å². The first-order chi connectivity index (χ1) is 5.29. The topological polar surface area (TPSA) is 121 Å². The van der Waals surface area contributed by atoms with Crippen molar-refractivity contribution in [2.45, 2.75) is 26.0 Å². The van der Waals surface area contributed by atoms with Gasteiger partial charge in [-0.05, 0) is 13.8 Å². The van der Waals surface area contributed by atoms with E-state index < -0.39 is 24.1 Å². The zero-order valence-corrected chi connectivity index (χ0v) is 6.89. The lowest BCUT2D eigenvalue weighted by atomic mass is 10.4. The minimum Gasteiger partial charge on any atom is -0.480 e. The van der Waals surface area contributed by atoms with Crippen LogP contribution in [-0.2, 0) is 9.59 Å². The largest absolute Gasteiger partial charge is 0.480 e. The molecule has 2 atom stereocenters. The SMILES string of the molecule is C[C@@H](N)C(=O)O.C[C@@H](O)C(=O)O. The van der Waals surface area contributed by atoms with Crippen molar-refractivity contribution >= 4 is 11.9 Å². The molecule has 0 aliphatic carbocycles. The average Bonchev–Trinajstić information content (AvgIpc) is 1.88. The Morgan fingerprint density at radius 1 is 1.17 bits per heavy atom. The minimum atomic E-state index is -1.23. The number of carboxylic acids is 2. The van der Waals surface area contributed by atoms with Crippen LogP contribution in [0.25, 0.3) is 0 Å². The molecule has 0 saturated carbocycles. The molecule has 6 nitrogen and oxygen atoms in total. The maximum absolute atomic E-state index is 9.57. The third-order valence-corrected chi connectivity index (χ3v) is 0.747. The molecule has 0 unspecified atom stereocenters. The summed E-state index contributed by atoms with van der Waals surface area (Å²) in [6.07, 6.45) is -1.23. The predicted molar refractivity (Wildman–Crippen MR) is 40.6 cm³/mol. The summed E-state index contributed by atoms with van der Waals surface area (Å²) in [5.74, 6) is -2.15. The van der Waals surface area contributed by atoms with Crippen molar-refractivity contribution in [3.8, 4) is 0 Å². The molecule has 72 valence electrons. The van der Waals surface area contributed by atoms with E-state index in [9.17, 15) is 9.59 Å². The molecule has 0 aromatic heterocycles. The molecule has 6 heteroatoms. The predicted octanol–water partition coefficient (Wildman–Crippen LogP) is -1.13. The van der Waals surface area contributed by atoms with Crippen molar-refractivity contribution in [1.29, 1.82) is 0 Å². The van der Waals surface area contributed by atoms with E-state index >= 15 is 0 Å². The molecule has 0 aliphatic rings. The number of aliphatic hydroxyl groups excluding tert-OH is 1. The molecule has 0 saturated heterocycles. The van der Waals surface area contributed by atoms with Gasteiger partial charge in [0.25, 0.3) is 0 Å². The molecule has 0 amide bonds. The van der Waals surface area contributed by atoms with Crippen LogP contribution in [0.2, 0.25) is 0 Å². The van der Waals surface area contributed by atoms with E-state index in [-0.39, 0.29) is 0 Å². The summed E-state index contributed by atoms with van der Waals surface area (Å²) in [6, 6.07) is -0.731. The van der Waals surface area contributed by atoms with Crippen LogP contribution in [0.5, 0.6) is 0 Å². The standard InChI is InChI=1S/C3H7NO2.C3H6O3/c2*1-2(4)3(5)6/h2H,4H2,1H3,(H,5,6);2,4H,1H3,(H,5,6)/t2*2-/m11/s1. The van der Waals surface area contributed by atoms with Crippen molar-refractivity contribution in [1.82, 2.24) is 0 Å². The van der Waals surface area contributed by atoms with E-state index in [0.717, 1.165) is 0 Å². The van der Waals surface area contributed by atoms with E-state index in [2.05, 4.69) is 0 Å². The number of carboxylic acid groups (broad SMARTS) is 2. The molecule has 0 heterocycles. The number of hydrogen-bond donors (Lipinski definition) is 4. The zero-order chi connectivity index (χ0) is 10.3. The van der Waals surface area contributed by atoms with Crippen molar-refractivity contribution in [2.75, 3.05) is 0 Å². The van der Waals surface area contributed by atoms with Crippen LogP contribution in [-0.4, -0.2) is 39.4 Å². The van der Waals surface area contributed by atoms with Crippen LogP contribution >= 0.6 is 0 Å². The maximum atomic E-state index is 9.57. The van der Waals surface area contributed by atoms with Gasteiger partial charge in [0.2, 0.25) is 0 Å². The smallest absolute Gasteiger partial charge is 0.332 e.